The molecule has 138 valence electrons. The van der Waals surface area contributed by atoms with Crippen molar-refractivity contribution in [1.82, 2.24) is 20.2 Å². The predicted molar refractivity (Wildman–Crippen MR) is 98.9 cm³/mol. The minimum absolute atomic E-state index is 0.384. The van der Waals surface area contributed by atoms with Gasteiger partial charge in [0.2, 0.25) is 5.95 Å². The molecule has 0 fully saturated rings. The molecule has 1 aromatic heterocycles. The van der Waals surface area contributed by atoms with Crippen molar-refractivity contribution < 1.29 is 9.53 Å². The summed E-state index contributed by atoms with van der Waals surface area (Å²) in [5.41, 5.74) is 2.57. The van der Waals surface area contributed by atoms with E-state index in [0.717, 1.165) is 11.3 Å². The molecule has 1 aliphatic rings. The molecule has 2 aromatic rings. The first-order chi connectivity index (χ1) is 12.2. The third kappa shape index (κ3) is 3.40. The summed E-state index contributed by atoms with van der Waals surface area (Å²) in [5, 5.41) is 14.9. The molecule has 1 N–H and O–H groups in total. The second kappa shape index (κ2) is 6.44. The van der Waals surface area contributed by atoms with Crippen LogP contribution in [0.5, 0.6) is 0 Å². The lowest BCUT2D eigenvalue weighted by Gasteiger charge is -2.30. The summed E-state index contributed by atoms with van der Waals surface area (Å²) in [6.07, 6.45) is 0. The van der Waals surface area contributed by atoms with E-state index in [1.54, 1.807) is 4.68 Å². The Morgan fingerprint density at radius 1 is 1.23 bits per heavy atom. The summed E-state index contributed by atoms with van der Waals surface area (Å²) in [6, 6.07) is 7.52. The van der Waals surface area contributed by atoms with Gasteiger partial charge in [0.15, 0.2) is 0 Å². The van der Waals surface area contributed by atoms with Crippen molar-refractivity contribution in [2.24, 2.45) is 0 Å². The first kappa shape index (κ1) is 17.9. The van der Waals surface area contributed by atoms with Crippen molar-refractivity contribution in [2.45, 2.75) is 39.3 Å². The average Bonchev–Trinajstić information content (AvgIpc) is 2.99. The van der Waals surface area contributed by atoms with Crippen LogP contribution in [0.15, 0.2) is 35.5 Å². The molecule has 0 spiro atoms. The number of carbonyl (C=O) groups is 1. The van der Waals surface area contributed by atoms with E-state index in [9.17, 15) is 4.79 Å². The van der Waals surface area contributed by atoms with E-state index in [1.165, 1.54) is 0 Å². The van der Waals surface area contributed by atoms with Crippen LogP contribution < -0.4 is 10.2 Å². The van der Waals surface area contributed by atoms with E-state index in [0.29, 0.717) is 17.2 Å². The number of fused-ring (bicyclic) bond motifs is 1. The minimum atomic E-state index is -0.593. The van der Waals surface area contributed by atoms with Crippen molar-refractivity contribution in [1.29, 1.82) is 0 Å². The Labute approximate surface area is 152 Å². The largest absolute Gasteiger partial charge is 0.456 e. The molecule has 0 radical (unpaired) electrons. The van der Waals surface area contributed by atoms with E-state index >= 15 is 0 Å². The Morgan fingerprint density at radius 2 is 1.88 bits per heavy atom. The van der Waals surface area contributed by atoms with E-state index in [4.69, 9.17) is 4.74 Å². The maximum absolute atomic E-state index is 12.9. The first-order valence-corrected chi connectivity index (χ1v) is 8.43. The van der Waals surface area contributed by atoms with Crippen molar-refractivity contribution in [2.75, 3.05) is 24.3 Å². The van der Waals surface area contributed by atoms with Gasteiger partial charge < -0.3 is 15.0 Å². The normalized spacial score (nSPS) is 16.8. The van der Waals surface area contributed by atoms with Gasteiger partial charge in [0.25, 0.3) is 0 Å². The van der Waals surface area contributed by atoms with Crippen LogP contribution in [0.3, 0.4) is 0 Å². The standard InChI is InChI=1S/C18H24N6O2/c1-11-14(16(25)26-18(2,3)4)15(24-17(19-11)20-21-22-24)12-7-9-13(10-8-12)23(5)6/h7-10,15H,1-6H3,(H,19,20,22). The van der Waals surface area contributed by atoms with Gasteiger partial charge in [0.1, 0.15) is 11.6 Å². The molecule has 1 atom stereocenters. The van der Waals surface area contributed by atoms with Gasteiger partial charge in [-0.25, -0.2) is 4.79 Å². The van der Waals surface area contributed by atoms with Crippen LogP contribution in [0, 0.1) is 0 Å². The molecule has 8 heteroatoms. The summed E-state index contributed by atoms with van der Waals surface area (Å²) < 4.78 is 7.23. The number of hydrogen-bond donors (Lipinski definition) is 1. The molecule has 1 unspecified atom stereocenters. The highest BCUT2D eigenvalue weighted by Gasteiger charge is 2.36. The Kier molecular flexibility index (Phi) is 4.43. The number of allylic oxidation sites excluding steroid dienone is 1. The number of tetrazole rings is 1. The Hall–Kier alpha value is -2.90. The van der Waals surface area contributed by atoms with Gasteiger partial charge in [-0.05, 0) is 55.8 Å². The Morgan fingerprint density at radius 3 is 2.46 bits per heavy atom. The molecule has 2 heterocycles. The number of ether oxygens (including phenoxy) is 1. The van der Waals surface area contributed by atoms with Crippen LogP contribution in [0.4, 0.5) is 11.6 Å². The Balaban J connectivity index is 2.07. The first-order valence-electron chi connectivity index (χ1n) is 8.43. The highest BCUT2D eigenvalue weighted by atomic mass is 16.6. The number of carbonyl (C=O) groups excluding carboxylic acids is 1. The van der Waals surface area contributed by atoms with Crippen LogP contribution >= 0.6 is 0 Å². The van der Waals surface area contributed by atoms with Crippen LogP contribution in [0.2, 0.25) is 0 Å². The summed E-state index contributed by atoms with van der Waals surface area (Å²) in [5.74, 6) is 0.113. The Bertz CT molecular complexity index is 845. The van der Waals surface area contributed by atoms with Crippen LogP contribution in [-0.4, -0.2) is 45.9 Å². The van der Waals surface area contributed by atoms with Gasteiger partial charge in [0.05, 0.1) is 5.57 Å². The average molecular weight is 356 g/mol. The van der Waals surface area contributed by atoms with Gasteiger partial charge >= 0.3 is 5.97 Å². The van der Waals surface area contributed by atoms with Gasteiger partial charge in [0, 0.05) is 25.5 Å². The fourth-order valence-corrected chi connectivity index (χ4v) is 2.87. The number of aromatic nitrogens is 4. The summed E-state index contributed by atoms with van der Waals surface area (Å²) in [4.78, 5) is 14.9. The number of esters is 1. The van der Waals surface area contributed by atoms with Crippen molar-refractivity contribution >= 4 is 17.6 Å². The SMILES string of the molecule is CC1=C(C(=O)OC(C)(C)C)C(c2ccc(N(C)C)cc2)n2nnnc2N1. The number of benzene rings is 1. The predicted octanol–water partition coefficient (Wildman–Crippen LogP) is 2.37. The van der Waals surface area contributed by atoms with E-state index < -0.39 is 11.6 Å². The molecule has 8 nitrogen and oxygen atoms in total. The van der Waals surface area contributed by atoms with Crippen molar-refractivity contribution in [3.05, 3.63) is 41.1 Å². The second-order valence-electron chi connectivity index (χ2n) is 7.50. The number of nitrogens with zero attached hydrogens (tertiary/aromatic N) is 5. The van der Waals surface area contributed by atoms with Gasteiger partial charge in [-0.1, -0.05) is 17.2 Å². The second-order valence-corrected chi connectivity index (χ2v) is 7.50. The molecule has 0 saturated carbocycles. The van der Waals surface area contributed by atoms with Crippen LogP contribution in [0.1, 0.15) is 39.3 Å². The fourth-order valence-electron chi connectivity index (χ4n) is 2.87. The van der Waals surface area contributed by atoms with Crippen LogP contribution in [0.25, 0.3) is 0 Å². The highest BCUT2D eigenvalue weighted by molar-refractivity contribution is 5.92. The molecule has 0 bridgehead atoms. The number of anilines is 2. The highest BCUT2D eigenvalue weighted by Crippen LogP contribution is 2.36. The van der Waals surface area contributed by atoms with Crippen LogP contribution in [-0.2, 0) is 9.53 Å². The quantitative estimate of drug-likeness (QED) is 0.845. The summed E-state index contributed by atoms with van der Waals surface area (Å²) in [6.45, 7) is 7.37. The third-order valence-corrected chi connectivity index (χ3v) is 4.06. The van der Waals surface area contributed by atoms with Gasteiger partial charge in [-0.2, -0.15) is 4.68 Å². The van der Waals surface area contributed by atoms with E-state index in [-0.39, 0.29) is 5.97 Å². The van der Waals surface area contributed by atoms with Crippen molar-refractivity contribution in [3.63, 3.8) is 0 Å². The zero-order valence-corrected chi connectivity index (χ0v) is 15.9. The van der Waals surface area contributed by atoms with E-state index in [1.807, 2.05) is 71.0 Å². The number of hydrogen-bond acceptors (Lipinski definition) is 7. The van der Waals surface area contributed by atoms with Crippen molar-refractivity contribution in [3.8, 4) is 0 Å². The lowest BCUT2D eigenvalue weighted by atomic mass is 9.95. The zero-order chi connectivity index (χ0) is 19.1. The summed E-state index contributed by atoms with van der Waals surface area (Å²) >= 11 is 0. The number of nitrogens with one attached hydrogen (secondary N) is 1. The molecule has 0 amide bonds. The monoisotopic (exact) mass is 356 g/mol. The third-order valence-electron chi connectivity index (χ3n) is 4.06. The van der Waals surface area contributed by atoms with Gasteiger partial charge in [-0.15, -0.1) is 0 Å². The number of rotatable bonds is 3. The molecular weight excluding hydrogens is 332 g/mol. The lowest BCUT2D eigenvalue weighted by molar-refractivity contribution is -0.150. The zero-order valence-electron chi connectivity index (χ0n) is 15.9. The molecule has 0 aliphatic carbocycles. The molecule has 3 rings (SSSR count). The lowest BCUT2D eigenvalue weighted by Crippen LogP contribution is -2.33. The molecule has 26 heavy (non-hydrogen) atoms. The van der Waals surface area contributed by atoms with E-state index in [2.05, 4.69) is 20.8 Å². The minimum Gasteiger partial charge on any atom is -0.456 e. The molecule has 1 aromatic carbocycles. The van der Waals surface area contributed by atoms with Gasteiger partial charge in [-0.3, -0.25) is 0 Å². The topological polar surface area (TPSA) is 85.2 Å². The fraction of sp³-hybridized carbons (Fsp3) is 0.444. The molecular formula is C18H24N6O2. The summed E-state index contributed by atoms with van der Waals surface area (Å²) in [7, 11) is 3.96. The smallest absolute Gasteiger partial charge is 0.338 e. The molecule has 1 aliphatic heterocycles. The maximum atomic E-state index is 12.9. The molecule has 0 saturated heterocycles. The maximum Gasteiger partial charge on any atom is 0.338 e.